The number of carbonyl (C=O) groups excluding carboxylic acids is 1. The second kappa shape index (κ2) is 7.47. The number of nitrogens with one attached hydrogen (secondary N) is 2. The summed E-state index contributed by atoms with van der Waals surface area (Å²) in [5.41, 5.74) is 1.55. The molecular weight excluding hydrogens is 280 g/mol. The van der Waals surface area contributed by atoms with Gasteiger partial charge in [0.25, 0.3) is 5.56 Å². The highest BCUT2D eigenvalue weighted by molar-refractivity contribution is 5.67. The Hall–Kier alpha value is -1.78. The first-order chi connectivity index (χ1) is 10.1. The molecule has 1 amide bonds. The van der Waals surface area contributed by atoms with Crippen LogP contribution in [-0.4, -0.2) is 16.7 Å². The van der Waals surface area contributed by atoms with Crippen LogP contribution in [0.1, 0.15) is 57.4 Å². The van der Waals surface area contributed by atoms with Gasteiger partial charge in [0.1, 0.15) is 5.60 Å². The number of carbonyl (C=O) groups is 1. The molecule has 5 nitrogen and oxygen atoms in total. The number of aromatic amines is 1. The fourth-order valence-electron chi connectivity index (χ4n) is 2.24. The second-order valence-corrected chi connectivity index (χ2v) is 6.88. The van der Waals surface area contributed by atoms with Crippen molar-refractivity contribution in [3.63, 3.8) is 0 Å². The van der Waals surface area contributed by atoms with E-state index in [-0.39, 0.29) is 12.1 Å². The molecule has 0 saturated heterocycles. The minimum absolute atomic E-state index is 0.167. The lowest BCUT2D eigenvalue weighted by molar-refractivity contribution is 0.0287. The van der Waals surface area contributed by atoms with Crippen molar-refractivity contribution in [2.75, 3.05) is 0 Å². The monoisotopic (exact) mass is 308 g/mol. The van der Waals surface area contributed by atoms with Gasteiger partial charge < -0.3 is 15.0 Å². The van der Waals surface area contributed by atoms with Crippen LogP contribution in [0.3, 0.4) is 0 Å². The number of aromatic nitrogens is 1. The first-order valence-electron chi connectivity index (χ1n) is 7.77. The number of rotatable bonds is 6. The number of amides is 1. The van der Waals surface area contributed by atoms with Crippen LogP contribution < -0.4 is 10.9 Å². The molecule has 0 atom stereocenters. The number of H-pyrrole nitrogens is 1. The number of hydrogen-bond donors (Lipinski definition) is 2. The van der Waals surface area contributed by atoms with Gasteiger partial charge in [-0.15, -0.1) is 0 Å². The summed E-state index contributed by atoms with van der Waals surface area (Å²) in [5.74, 6) is 0.569. The van der Waals surface area contributed by atoms with Gasteiger partial charge in [0, 0.05) is 11.3 Å². The Morgan fingerprint density at radius 3 is 2.55 bits per heavy atom. The van der Waals surface area contributed by atoms with E-state index in [2.05, 4.69) is 24.1 Å². The normalized spacial score (nSPS) is 11.6. The molecule has 1 heterocycles. The highest BCUT2D eigenvalue weighted by atomic mass is 16.6. The fourth-order valence-corrected chi connectivity index (χ4v) is 2.24. The predicted molar refractivity (Wildman–Crippen MR) is 88.0 cm³/mol. The summed E-state index contributed by atoms with van der Waals surface area (Å²) in [6.07, 6.45) is 1.31. The maximum absolute atomic E-state index is 11.9. The average Bonchev–Trinajstić information content (AvgIpc) is 2.34. The predicted octanol–water partition coefficient (Wildman–Crippen LogP) is 3.43. The molecule has 124 valence electrons. The Labute approximate surface area is 132 Å². The zero-order chi connectivity index (χ0) is 16.9. The third-order valence-electron chi connectivity index (χ3n) is 3.60. The van der Waals surface area contributed by atoms with Crippen LogP contribution in [0.15, 0.2) is 10.9 Å². The van der Waals surface area contributed by atoms with E-state index >= 15 is 0 Å². The summed E-state index contributed by atoms with van der Waals surface area (Å²) in [4.78, 5) is 26.5. The number of alkyl carbamates (subject to hydrolysis) is 1. The van der Waals surface area contributed by atoms with Crippen molar-refractivity contribution in [1.82, 2.24) is 10.3 Å². The molecule has 0 aromatic carbocycles. The lowest BCUT2D eigenvalue weighted by Crippen LogP contribution is -2.35. The van der Waals surface area contributed by atoms with E-state index in [1.807, 2.05) is 33.8 Å². The highest BCUT2D eigenvalue weighted by Gasteiger charge is 2.23. The maximum Gasteiger partial charge on any atom is 0.407 e. The Kier molecular flexibility index (Phi) is 6.21. The fraction of sp³-hybridized carbons (Fsp3) is 0.647. The summed E-state index contributed by atoms with van der Waals surface area (Å²) in [5, 5.41) is 2.66. The van der Waals surface area contributed by atoms with E-state index in [1.165, 1.54) is 0 Å². The Morgan fingerprint density at radius 2 is 2.00 bits per heavy atom. The Balaban J connectivity index is 2.58. The van der Waals surface area contributed by atoms with Crippen LogP contribution in [0.5, 0.6) is 0 Å². The zero-order valence-corrected chi connectivity index (χ0v) is 14.5. The van der Waals surface area contributed by atoms with Crippen molar-refractivity contribution in [1.29, 1.82) is 0 Å². The summed E-state index contributed by atoms with van der Waals surface area (Å²) in [7, 11) is 0. The molecule has 0 aliphatic rings. The largest absolute Gasteiger partial charge is 0.444 e. The minimum Gasteiger partial charge on any atom is -0.444 e. The van der Waals surface area contributed by atoms with Crippen molar-refractivity contribution in [2.45, 2.75) is 66.5 Å². The summed E-state index contributed by atoms with van der Waals surface area (Å²) in [6, 6.07) is 1.89. The number of pyridine rings is 1. The van der Waals surface area contributed by atoms with Gasteiger partial charge in [0.15, 0.2) is 0 Å². The molecule has 0 fully saturated rings. The van der Waals surface area contributed by atoms with Gasteiger partial charge in [-0.25, -0.2) is 4.79 Å². The minimum atomic E-state index is -0.511. The van der Waals surface area contributed by atoms with E-state index < -0.39 is 11.7 Å². The first-order valence-corrected chi connectivity index (χ1v) is 7.77. The molecule has 22 heavy (non-hydrogen) atoms. The molecule has 2 N–H and O–H groups in total. The third kappa shape index (κ3) is 5.92. The lowest BCUT2D eigenvalue weighted by atomic mass is 9.97. The van der Waals surface area contributed by atoms with Crippen LogP contribution in [0, 0.1) is 19.8 Å². The van der Waals surface area contributed by atoms with E-state index in [4.69, 9.17) is 4.74 Å². The SMILES string of the molecule is Cc1cc(C)c(CNC(=O)OC(C)(C)CCC(C)C)c(=O)[nH]1. The van der Waals surface area contributed by atoms with Crippen molar-refractivity contribution in [3.05, 3.63) is 33.2 Å². The molecule has 1 rings (SSSR count). The van der Waals surface area contributed by atoms with Gasteiger partial charge in [-0.05, 0) is 58.1 Å². The Morgan fingerprint density at radius 1 is 1.36 bits per heavy atom. The lowest BCUT2D eigenvalue weighted by Gasteiger charge is -2.26. The molecule has 0 unspecified atom stereocenters. The number of hydrogen-bond acceptors (Lipinski definition) is 3. The topological polar surface area (TPSA) is 71.2 Å². The highest BCUT2D eigenvalue weighted by Crippen LogP contribution is 2.20. The van der Waals surface area contributed by atoms with Crippen LogP contribution >= 0.6 is 0 Å². The third-order valence-corrected chi connectivity index (χ3v) is 3.60. The molecule has 5 heteroatoms. The van der Waals surface area contributed by atoms with E-state index in [0.717, 1.165) is 24.1 Å². The quantitative estimate of drug-likeness (QED) is 0.845. The molecular formula is C17H28N2O3. The molecule has 0 saturated carbocycles. The van der Waals surface area contributed by atoms with Crippen LogP contribution in [-0.2, 0) is 11.3 Å². The van der Waals surface area contributed by atoms with E-state index in [0.29, 0.717) is 11.5 Å². The molecule has 0 radical (unpaired) electrons. The molecule has 1 aromatic rings. The number of aryl methyl sites for hydroxylation is 2. The molecule has 0 bridgehead atoms. The van der Waals surface area contributed by atoms with Gasteiger partial charge in [0.2, 0.25) is 0 Å². The number of ether oxygens (including phenoxy) is 1. The molecule has 1 aromatic heterocycles. The van der Waals surface area contributed by atoms with Crippen LogP contribution in [0.4, 0.5) is 4.79 Å². The zero-order valence-electron chi connectivity index (χ0n) is 14.5. The van der Waals surface area contributed by atoms with Gasteiger partial charge in [-0.1, -0.05) is 13.8 Å². The summed E-state index contributed by atoms with van der Waals surface area (Å²) >= 11 is 0. The van der Waals surface area contributed by atoms with Gasteiger partial charge in [0.05, 0.1) is 6.54 Å². The van der Waals surface area contributed by atoms with E-state index in [9.17, 15) is 9.59 Å². The standard InChI is InChI=1S/C17H28N2O3/c1-11(2)7-8-17(5,6)22-16(21)18-10-14-12(3)9-13(4)19-15(14)20/h9,11H,7-8,10H2,1-6H3,(H,18,21)(H,19,20). The molecule has 0 spiro atoms. The first kappa shape index (κ1) is 18.3. The van der Waals surface area contributed by atoms with Crippen molar-refractivity contribution >= 4 is 6.09 Å². The van der Waals surface area contributed by atoms with Gasteiger partial charge >= 0.3 is 6.09 Å². The van der Waals surface area contributed by atoms with Crippen molar-refractivity contribution in [2.24, 2.45) is 5.92 Å². The van der Waals surface area contributed by atoms with Crippen LogP contribution in [0.2, 0.25) is 0 Å². The average molecular weight is 308 g/mol. The smallest absolute Gasteiger partial charge is 0.407 e. The van der Waals surface area contributed by atoms with Crippen molar-refractivity contribution in [3.8, 4) is 0 Å². The summed E-state index contributed by atoms with van der Waals surface area (Å²) < 4.78 is 5.45. The van der Waals surface area contributed by atoms with Gasteiger partial charge in [-0.2, -0.15) is 0 Å². The van der Waals surface area contributed by atoms with Crippen LogP contribution in [0.25, 0.3) is 0 Å². The summed E-state index contributed by atoms with van der Waals surface area (Å²) in [6.45, 7) is 11.9. The maximum atomic E-state index is 11.9. The second-order valence-electron chi connectivity index (χ2n) is 6.88. The molecule has 0 aliphatic heterocycles. The molecule has 0 aliphatic carbocycles. The Bertz CT molecular complexity index is 574. The van der Waals surface area contributed by atoms with E-state index in [1.54, 1.807) is 0 Å². The van der Waals surface area contributed by atoms with Crippen molar-refractivity contribution < 1.29 is 9.53 Å². The van der Waals surface area contributed by atoms with Gasteiger partial charge in [-0.3, -0.25) is 4.79 Å².